The number of fused-ring (bicyclic) bond motifs is 13. The minimum atomic E-state index is -1.51. The Labute approximate surface area is 425 Å². The number of nitrogens with one attached hydrogen (secondary N) is 2. The van der Waals surface area contributed by atoms with Gasteiger partial charge in [-0.15, -0.1) is 0 Å². The van der Waals surface area contributed by atoms with Gasteiger partial charge in [0.05, 0.1) is 41.0 Å². The molecule has 0 saturated carbocycles. The average Bonchev–Trinajstić information content (AvgIpc) is 3.78. The number of hydrogen-bond donors (Lipinski definition) is 5. The average molecular weight is 1010 g/mol. The number of Topliss-reactive ketones (excluding diaryl/α,β-unsaturated/α-hetero) is 2. The number of aromatic hydroxyl groups is 1. The van der Waals surface area contributed by atoms with E-state index in [0.717, 1.165) is 18.7 Å². The first-order valence-corrected chi connectivity index (χ1v) is 25.6. The first kappa shape index (κ1) is 53.1. The molecule has 17 nitrogen and oxygen atoms in total. The lowest BCUT2D eigenvalue weighted by molar-refractivity contribution is -0.158. The molecule has 6 aliphatic heterocycles. The number of benzene rings is 2. The molecule has 2 amide bonds. The molecule has 5 N–H and O–H groups in total. The predicted octanol–water partition coefficient (Wildman–Crippen LogP) is 5.35. The first-order valence-electron chi connectivity index (χ1n) is 25.6. The van der Waals surface area contributed by atoms with Gasteiger partial charge in [0.2, 0.25) is 17.5 Å². The summed E-state index contributed by atoms with van der Waals surface area (Å²) in [6, 6.07) is 6.31. The van der Waals surface area contributed by atoms with E-state index in [-0.39, 0.29) is 81.7 Å². The lowest BCUT2D eigenvalue weighted by Crippen LogP contribution is -2.50. The van der Waals surface area contributed by atoms with Crippen LogP contribution < -0.4 is 15.4 Å². The van der Waals surface area contributed by atoms with Crippen LogP contribution in [0.1, 0.15) is 117 Å². The molecule has 0 aromatic heterocycles. The fourth-order valence-electron chi connectivity index (χ4n) is 10.5. The third kappa shape index (κ3) is 11.8. The molecule has 2 unspecified atom stereocenters. The molecule has 73 heavy (non-hydrogen) atoms. The van der Waals surface area contributed by atoms with E-state index < -0.39 is 77.7 Å². The third-order valence-corrected chi connectivity index (χ3v) is 14.9. The lowest BCUT2D eigenvalue weighted by atomic mass is 9.83. The second-order valence-corrected chi connectivity index (χ2v) is 20.8. The Bertz CT molecular complexity index is 2630. The summed E-state index contributed by atoms with van der Waals surface area (Å²) in [4.78, 5) is 81.5. The number of ether oxygens (including phenoxy) is 3. The van der Waals surface area contributed by atoms with Gasteiger partial charge >= 0.3 is 12.3 Å². The van der Waals surface area contributed by atoms with Gasteiger partial charge < -0.3 is 50.0 Å². The van der Waals surface area contributed by atoms with Gasteiger partial charge in [-0.25, -0.2) is 4.39 Å². The fraction of sp³-hybridized carbons (Fsp3) is 0.527. The monoisotopic (exact) mass is 1010 g/mol. The van der Waals surface area contributed by atoms with Gasteiger partial charge in [0.25, 0.3) is 5.91 Å². The standard InChI is InChI=1S/C55H69FN6O11/c1-31(2)29-61-22-18-55(19-23-61)58-46-43-44-49(67)35(6)52-45(43)51(69)54(73-52)71-26-8-7-13-40(72-42(66)28-41(65)62-21-10-20-60(24-25-62)30-36-14-16-37(56)17-15-36)34(5)39(64)27-38(63)32(3)11-9-12-33(4)53(70)57-48(50(44)68)47(46)59-55/h8-9,11-12,14-17,26,31-32,34,38-40,54,59,63-64,67H,7,10,13,18-25,27-30H2,1-6H3,(H,57,70)/b11-9+,26-8+,33-12-/t32?,34-,38-,39?,40-,54+/m1/s1. The Morgan fingerprint density at radius 1 is 0.945 bits per heavy atom. The molecule has 2 saturated heterocycles. The summed E-state index contributed by atoms with van der Waals surface area (Å²) in [7, 11) is 0. The van der Waals surface area contributed by atoms with Crippen LogP contribution in [0.2, 0.25) is 0 Å². The lowest BCUT2D eigenvalue weighted by Gasteiger charge is -2.38. The number of aliphatic imine (C=N–C) groups is 1. The summed E-state index contributed by atoms with van der Waals surface area (Å²) in [6.07, 6.45) is 4.71. The highest BCUT2D eigenvalue weighted by molar-refractivity contribution is 6.34. The number of piperidine rings is 1. The summed E-state index contributed by atoms with van der Waals surface area (Å²) in [6.45, 7) is 15.9. The number of ketones is 2. The zero-order chi connectivity index (χ0) is 52.3. The number of allylic oxidation sites excluding steroid dienone is 5. The maximum atomic E-state index is 14.7. The number of rotatable bonds is 7. The molecule has 2 aromatic carbocycles. The SMILES string of the molecule is C/C1=C/C=C/C(C)[C@H](O)CC(O)[C@@H](C)[C@H](OC(=O)CC(=O)N2CCCN(Cc3ccc(F)cc3)CC2)CC/C=C/O[C@H]2Oc3c(C)c(O)c4c(c3C2=O)C2=NC3(CCN(CC(C)C)CC3)NC2=C(NC1=O)C4=O. The Morgan fingerprint density at radius 3 is 2.41 bits per heavy atom. The highest BCUT2D eigenvalue weighted by atomic mass is 19.1. The highest BCUT2D eigenvalue weighted by Crippen LogP contribution is 2.48. The van der Waals surface area contributed by atoms with Gasteiger partial charge in [-0.1, -0.05) is 58.1 Å². The van der Waals surface area contributed by atoms with Crippen molar-refractivity contribution < 1.29 is 57.9 Å². The van der Waals surface area contributed by atoms with Crippen LogP contribution in [0.15, 0.2) is 76.8 Å². The van der Waals surface area contributed by atoms with Gasteiger partial charge in [-0.05, 0) is 62.8 Å². The number of phenolic OH excluding ortho intramolecular Hbond substituents is 1. The van der Waals surface area contributed by atoms with Crippen LogP contribution in [0.4, 0.5) is 4.39 Å². The van der Waals surface area contributed by atoms with Gasteiger partial charge in [-0.2, -0.15) is 0 Å². The Hall–Kier alpha value is -6.21. The number of halogens is 1. The van der Waals surface area contributed by atoms with Crippen LogP contribution in [0.3, 0.4) is 0 Å². The van der Waals surface area contributed by atoms with Crippen LogP contribution >= 0.6 is 0 Å². The number of nitrogens with zero attached hydrogens (tertiary/aromatic N) is 4. The molecular formula is C55H69FN6O11. The Kier molecular flexibility index (Phi) is 16.4. The smallest absolute Gasteiger partial charge is 0.315 e. The molecule has 2 aromatic rings. The molecule has 7 aliphatic rings. The zero-order valence-corrected chi connectivity index (χ0v) is 42.6. The number of aliphatic hydroxyl groups excluding tert-OH is 2. The highest BCUT2D eigenvalue weighted by Gasteiger charge is 2.51. The summed E-state index contributed by atoms with van der Waals surface area (Å²) >= 11 is 0. The van der Waals surface area contributed by atoms with Crippen molar-refractivity contribution in [1.29, 1.82) is 0 Å². The van der Waals surface area contributed by atoms with Crippen molar-refractivity contribution in [1.82, 2.24) is 25.3 Å². The van der Waals surface area contributed by atoms with Gasteiger partial charge in [0.15, 0.2) is 0 Å². The van der Waals surface area contributed by atoms with Gasteiger partial charge in [0.1, 0.15) is 41.2 Å². The first-order chi connectivity index (χ1) is 34.8. The van der Waals surface area contributed by atoms with Crippen molar-refractivity contribution >= 4 is 35.1 Å². The van der Waals surface area contributed by atoms with Crippen molar-refractivity contribution in [3.05, 3.63) is 105 Å². The molecule has 5 bridgehead atoms. The molecule has 1 aliphatic carbocycles. The minimum Gasteiger partial charge on any atom is -0.507 e. The molecule has 6 atom stereocenters. The van der Waals surface area contributed by atoms with Crippen molar-refractivity contribution in [3.8, 4) is 11.5 Å². The number of carbonyl (C=O) groups is 5. The van der Waals surface area contributed by atoms with Crippen LogP contribution in [-0.4, -0.2) is 141 Å². The van der Waals surface area contributed by atoms with Crippen molar-refractivity contribution in [3.63, 3.8) is 0 Å². The van der Waals surface area contributed by atoms with Crippen LogP contribution in [0.25, 0.3) is 0 Å². The number of carbonyl (C=O) groups excluding carboxylic acids is 5. The summed E-state index contributed by atoms with van der Waals surface area (Å²) in [5, 5.41) is 40.8. The van der Waals surface area contributed by atoms with Crippen LogP contribution in [0, 0.1) is 30.5 Å². The maximum absolute atomic E-state index is 14.7. The molecule has 9 rings (SSSR count). The zero-order valence-electron chi connectivity index (χ0n) is 42.6. The van der Waals surface area contributed by atoms with E-state index in [9.17, 15) is 43.7 Å². The predicted molar refractivity (Wildman–Crippen MR) is 269 cm³/mol. The van der Waals surface area contributed by atoms with E-state index in [1.165, 1.54) is 31.4 Å². The van der Waals surface area contributed by atoms with Crippen molar-refractivity contribution in [2.75, 3.05) is 45.8 Å². The third-order valence-electron chi connectivity index (χ3n) is 14.9. The molecular weight excluding hydrogens is 940 g/mol. The van der Waals surface area contributed by atoms with E-state index in [1.807, 2.05) is 0 Å². The second kappa shape index (κ2) is 22.5. The number of aliphatic hydroxyl groups is 2. The summed E-state index contributed by atoms with van der Waals surface area (Å²) < 4.78 is 31.4. The number of amides is 2. The molecule has 1 spiro atoms. The fourth-order valence-corrected chi connectivity index (χ4v) is 10.5. The van der Waals surface area contributed by atoms with Crippen LogP contribution in [-0.2, 0) is 30.4 Å². The number of phenols is 1. The van der Waals surface area contributed by atoms with E-state index in [2.05, 4.69) is 34.3 Å². The topological polar surface area (TPSA) is 220 Å². The van der Waals surface area contributed by atoms with E-state index in [0.29, 0.717) is 64.4 Å². The molecule has 0 radical (unpaired) electrons. The molecule has 18 heteroatoms. The number of hydrogen-bond acceptors (Lipinski definition) is 15. The Morgan fingerprint density at radius 2 is 1.68 bits per heavy atom. The van der Waals surface area contributed by atoms with Crippen LogP contribution in [0.5, 0.6) is 11.5 Å². The second-order valence-electron chi connectivity index (χ2n) is 20.8. The molecule has 2 fully saturated rings. The number of likely N-dealkylation sites (tertiary alicyclic amines) is 1. The summed E-state index contributed by atoms with van der Waals surface area (Å²) in [5.41, 5.74) is 0.728. The van der Waals surface area contributed by atoms with Gasteiger partial charge in [0, 0.05) is 100 Å². The summed E-state index contributed by atoms with van der Waals surface area (Å²) in [5.74, 6) is -4.54. The number of esters is 1. The van der Waals surface area contributed by atoms with E-state index >= 15 is 0 Å². The largest absolute Gasteiger partial charge is 0.507 e. The Balaban J connectivity index is 1.03. The van der Waals surface area contributed by atoms with Crippen molar-refractivity contribution in [2.24, 2.45) is 22.7 Å². The molecule has 6 heterocycles. The normalized spacial score (nSPS) is 27.8. The maximum Gasteiger partial charge on any atom is 0.315 e. The van der Waals surface area contributed by atoms with E-state index in [4.69, 9.17) is 19.2 Å². The van der Waals surface area contributed by atoms with E-state index in [1.54, 1.807) is 56.0 Å². The van der Waals surface area contributed by atoms with Gasteiger partial charge in [-0.3, -0.25) is 33.9 Å². The van der Waals surface area contributed by atoms with Crippen molar-refractivity contribution in [2.45, 2.75) is 123 Å². The molecule has 392 valence electrons. The quantitative estimate of drug-likeness (QED) is 0.175. The minimum absolute atomic E-state index is 0.0218.